The lowest BCUT2D eigenvalue weighted by Crippen LogP contribution is -2.52. The third-order valence-corrected chi connectivity index (χ3v) is 6.30. The quantitative estimate of drug-likeness (QED) is 0.768. The number of nitrogens with zero attached hydrogens (tertiary/aromatic N) is 2. The second kappa shape index (κ2) is 9.18. The normalized spacial score (nSPS) is 18.9. The maximum atomic E-state index is 13.3. The van der Waals surface area contributed by atoms with Gasteiger partial charge in [0.15, 0.2) is 0 Å². The number of benzene rings is 2. The van der Waals surface area contributed by atoms with E-state index in [-0.39, 0.29) is 24.0 Å². The monoisotopic (exact) mass is 441 g/mol. The average Bonchev–Trinajstić information content (AvgIpc) is 2.77. The second-order valence-corrected chi connectivity index (χ2v) is 8.78. The van der Waals surface area contributed by atoms with E-state index < -0.39 is 0 Å². The van der Waals surface area contributed by atoms with Crippen LogP contribution in [-0.2, 0) is 11.3 Å². The van der Waals surface area contributed by atoms with Crippen molar-refractivity contribution in [2.45, 2.75) is 39.3 Å². The highest BCUT2D eigenvalue weighted by atomic mass is 35.5. The topological polar surface area (TPSA) is 61.9 Å². The number of anilines is 1. The molecule has 0 unspecified atom stereocenters. The number of hydrogen-bond acceptors (Lipinski definition) is 3. The lowest BCUT2D eigenvalue weighted by Gasteiger charge is -2.39. The predicted octanol–water partition coefficient (Wildman–Crippen LogP) is 4.38. The van der Waals surface area contributed by atoms with Crippen LogP contribution < -0.4 is 15.0 Å². The van der Waals surface area contributed by atoms with Gasteiger partial charge in [0.05, 0.1) is 12.2 Å². The Hall–Kier alpha value is -2.73. The number of nitrogens with one attached hydrogen (secondary N) is 1. The van der Waals surface area contributed by atoms with Gasteiger partial charge >= 0.3 is 6.03 Å². The molecule has 2 aliphatic heterocycles. The van der Waals surface area contributed by atoms with Gasteiger partial charge in [-0.1, -0.05) is 35.9 Å². The number of piperidine rings is 1. The first kappa shape index (κ1) is 21.5. The molecule has 0 spiro atoms. The van der Waals surface area contributed by atoms with Gasteiger partial charge in [0, 0.05) is 30.6 Å². The van der Waals surface area contributed by atoms with Crippen molar-refractivity contribution in [1.29, 1.82) is 0 Å². The van der Waals surface area contributed by atoms with Gasteiger partial charge in [0.25, 0.3) is 0 Å². The van der Waals surface area contributed by atoms with E-state index in [0.29, 0.717) is 55.5 Å². The molecule has 2 aliphatic rings. The first-order valence-electron chi connectivity index (χ1n) is 10.8. The molecule has 1 saturated heterocycles. The van der Waals surface area contributed by atoms with E-state index in [1.807, 2.05) is 43.0 Å². The highest BCUT2D eigenvalue weighted by Gasteiger charge is 2.34. The van der Waals surface area contributed by atoms with Crippen molar-refractivity contribution in [1.82, 2.24) is 10.2 Å². The van der Waals surface area contributed by atoms with Crippen LogP contribution in [0.2, 0.25) is 5.02 Å². The zero-order chi connectivity index (χ0) is 22.0. The summed E-state index contributed by atoms with van der Waals surface area (Å²) in [5.41, 5.74) is 3.00. The number of amides is 3. The Bertz CT molecular complexity index is 972. The molecule has 31 heavy (non-hydrogen) atoms. The summed E-state index contributed by atoms with van der Waals surface area (Å²) in [6, 6.07) is 13.3. The molecular weight excluding hydrogens is 414 g/mol. The summed E-state index contributed by atoms with van der Waals surface area (Å²) in [6.45, 7) is 6.12. The number of halogens is 1. The molecule has 6 nitrogen and oxygen atoms in total. The van der Waals surface area contributed by atoms with Crippen LogP contribution in [0.5, 0.6) is 5.75 Å². The van der Waals surface area contributed by atoms with Gasteiger partial charge in [0.1, 0.15) is 11.9 Å². The first-order chi connectivity index (χ1) is 14.9. The maximum Gasteiger partial charge on any atom is 0.324 e. The number of carbonyl (C=O) groups excluding carboxylic acids is 2. The van der Waals surface area contributed by atoms with Gasteiger partial charge < -0.3 is 15.0 Å². The standard InChI is InChI=1S/C24H28ClN3O3/c1-16-5-3-4-6-19(16)14-26-23(29)18-9-11-27(12-10-18)24(30)28-15-17(2)31-22-8-7-20(25)13-21(22)28/h3-8,13,17-18H,9-12,14-15H2,1-2H3,(H,26,29)/t17-/m1/s1. The Balaban J connectivity index is 1.35. The van der Waals surface area contributed by atoms with Crippen molar-refractivity contribution in [3.05, 3.63) is 58.6 Å². The second-order valence-electron chi connectivity index (χ2n) is 8.34. The van der Waals surface area contributed by atoms with Gasteiger partial charge in [-0.25, -0.2) is 4.79 Å². The maximum absolute atomic E-state index is 13.3. The minimum Gasteiger partial charge on any atom is -0.487 e. The summed E-state index contributed by atoms with van der Waals surface area (Å²) >= 11 is 6.15. The van der Waals surface area contributed by atoms with E-state index in [1.165, 1.54) is 5.56 Å². The van der Waals surface area contributed by atoms with Gasteiger partial charge in [-0.3, -0.25) is 9.69 Å². The zero-order valence-corrected chi connectivity index (χ0v) is 18.7. The van der Waals surface area contributed by atoms with Crippen LogP contribution in [-0.4, -0.2) is 42.6 Å². The fraction of sp³-hybridized carbons (Fsp3) is 0.417. The third-order valence-electron chi connectivity index (χ3n) is 6.06. The molecule has 2 aromatic carbocycles. The Kier molecular flexibility index (Phi) is 6.37. The van der Waals surface area contributed by atoms with Crippen molar-refractivity contribution in [2.75, 3.05) is 24.5 Å². The molecule has 0 aliphatic carbocycles. The summed E-state index contributed by atoms with van der Waals surface area (Å²) in [6.07, 6.45) is 1.23. The van der Waals surface area contributed by atoms with Crippen LogP contribution in [0.15, 0.2) is 42.5 Å². The predicted molar refractivity (Wildman–Crippen MR) is 122 cm³/mol. The van der Waals surface area contributed by atoms with Crippen LogP contribution in [0.4, 0.5) is 10.5 Å². The number of carbonyl (C=O) groups is 2. The van der Waals surface area contributed by atoms with Crippen molar-refractivity contribution in [2.24, 2.45) is 5.92 Å². The molecule has 0 saturated carbocycles. The van der Waals surface area contributed by atoms with Gasteiger partial charge in [-0.05, 0) is 56.0 Å². The molecule has 1 fully saturated rings. The van der Waals surface area contributed by atoms with E-state index in [0.717, 1.165) is 5.56 Å². The zero-order valence-electron chi connectivity index (χ0n) is 17.9. The van der Waals surface area contributed by atoms with Crippen LogP contribution in [0.25, 0.3) is 0 Å². The molecule has 1 N–H and O–H groups in total. The summed E-state index contributed by atoms with van der Waals surface area (Å²) in [5.74, 6) is 0.660. The molecular formula is C24H28ClN3O3. The summed E-state index contributed by atoms with van der Waals surface area (Å²) in [4.78, 5) is 29.5. The Labute approximate surface area is 188 Å². The fourth-order valence-electron chi connectivity index (χ4n) is 4.23. The molecule has 1 atom stereocenters. The number of aryl methyl sites for hydroxylation is 1. The molecule has 2 aromatic rings. The van der Waals surface area contributed by atoms with Crippen LogP contribution in [0.3, 0.4) is 0 Å². The highest BCUT2D eigenvalue weighted by Crippen LogP contribution is 2.36. The Morgan fingerprint density at radius 2 is 1.90 bits per heavy atom. The average molecular weight is 442 g/mol. The van der Waals surface area contributed by atoms with Crippen LogP contribution in [0, 0.1) is 12.8 Å². The van der Waals surface area contributed by atoms with E-state index in [9.17, 15) is 9.59 Å². The summed E-state index contributed by atoms with van der Waals surface area (Å²) in [7, 11) is 0. The Morgan fingerprint density at radius 1 is 1.16 bits per heavy atom. The molecule has 7 heteroatoms. The summed E-state index contributed by atoms with van der Waals surface area (Å²) < 4.78 is 5.85. The number of hydrogen-bond donors (Lipinski definition) is 1. The molecule has 4 rings (SSSR count). The molecule has 0 aromatic heterocycles. The van der Waals surface area contributed by atoms with E-state index >= 15 is 0 Å². The molecule has 0 radical (unpaired) electrons. The van der Waals surface area contributed by atoms with Crippen molar-refractivity contribution >= 4 is 29.2 Å². The minimum atomic E-state index is -0.0950. The highest BCUT2D eigenvalue weighted by molar-refractivity contribution is 6.31. The van der Waals surface area contributed by atoms with E-state index in [4.69, 9.17) is 16.3 Å². The van der Waals surface area contributed by atoms with Gasteiger partial charge in [0.2, 0.25) is 5.91 Å². The third kappa shape index (κ3) is 4.79. The van der Waals surface area contributed by atoms with E-state index in [1.54, 1.807) is 23.1 Å². The van der Waals surface area contributed by atoms with Crippen LogP contribution in [0.1, 0.15) is 30.9 Å². The molecule has 3 amide bonds. The minimum absolute atomic E-state index is 0.0579. The first-order valence-corrected chi connectivity index (χ1v) is 11.1. The smallest absolute Gasteiger partial charge is 0.324 e. The van der Waals surface area contributed by atoms with Crippen molar-refractivity contribution in [3.8, 4) is 5.75 Å². The van der Waals surface area contributed by atoms with Crippen molar-refractivity contribution in [3.63, 3.8) is 0 Å². The molecule has 2 heterocycles. The fourth-order valence-corrected chi connectivity index (χ4v) is 4.40. The number of ether oxygens (including phenoxy) is 1. The number of rotatable bonds is 3. The number of urea groups is 1. The SMILES string of the molecule is Cc1ccccc1CNC(=O)C1CCN(C(=O)N2C[C@@H](C)Oc3ccc(Cl)cc32)CC1. The summed E-state index contributed by atoms with van der Waals surface area (Å²) in [5, 5.41) is 3.63. The number of fused-ring (bicyclic) bond motifs is 1. The van der Waals surface area contributed by atoms with Crippen LogP contribution >= 0.6 is 11.6 Å². The molecule has 0 bridgehead atoms. The van der Waals surface area contributed by atoms with Crippen molar-refractivity contribution < 1.29 is 14.3 Å². The largest absolute Gasteiger partial charge is 0.487 e. The van der Waals surface area contributed by atoms with Gasteiger partial charge in [-0.2, -0.15) is 0 Å². The molecule has 164 valence electrons. The van der Waals surface area contributed by atoms with Gasteiger partial charge in [-0.15, -0.1) is 0 Å². The number of likely N-dealkylation sites (tertiary alicyclic amines) is 1. The lowest BCUT2D eigenvalue weighted by atomic mass is 9.96. The van der Waals surface area contributed by atoms with E-state index in [2.05, 4.69) is 5.32 Å². The Morgan fingerprint density at radius 3 is 2.65 bits per heavy atom. The lowest BCUT2D eigenvalue weighted by molar-refractivity contribution is -0.126.